The molecule has 6 nitrogen and oxygen atoms in total. The van der Waals surface area contributed by atoms with Crippen molar-refractivity contribution in [1.29, 1.82) is 5.26 Å². The van der Waals surface area contributed by atoms with E-state index in [0.717, 1.165) is 28.8 Å². The van der Waals surface area contributed by atoms with Crippen LogP contribution in [0.4, 0.5) is 5.69 Å². The number of para-hydroxylation sites is 1. The maximum Gasteiger partial charge on any atom is 0.337 e. The number of esters is 1. The number of nitrogens with zero attached hydrogens (tertiary/aromatic N) is 1. The Balaban J connectivity index is 1.77. The largest absolute Gasteiger partial charge is 0.463 e. The van der Waals surface area contributed by atoms with E-state index in [1.807, 2.05) is 68.4 Å². The van der Waals surface area contributed by atoms with E-state index in [1.54, 1.807) is 25.1 Å². The van der Waals surface area contributed by atoms with E-state index >= 15 is 0 Å². The molecule has 1 amide bonds. The monoisotopic (exact) mass is 571 g/mol. The maximum atomic E-state index is 13.4. The van der Waals surface area contributed by atoms with Gasteiger partial charge in [0.25, 0.3) is 0 Å². The molecule has 8 heteroatoms. The molecule has 1 unspecified atom stereocenters. The number of carbonyl (C=O) groups excluding carboxylic acids is 2. The Morgan fingerprint density at radius 1 is 1.05 bits per heavy atom. The minimum atomic E-state index is -0.789. The quantitative estimate of drug-likeness (QED) is 0.269. The molecule has 0 bridgehead atoms. The number of aryl methyl sites for hydroxylation is 2. The number of halogens is 1. The number of nitrogens with one attached hydrogen (secondary N) is 2. The predicted molar refractivity (Wildman–Crippen MR) is 162 cm³/mol. The Morgan fingerprint density at radius 2 is 1.77 bits per heavy atom. The smallest absolute Gasteiger partial charge is 0.337 e. The summed E-state index contributed by atoms with van der Waals surface area (Å²) in [7, 11) is 0. The minimum Gasteiger partial charge on any atom is -0.463 e. The Bertz CT molecular complexity index is 1530. The molecule has 204 valence electrons. The maximum absolute atomic E-state index is 13.4. The second kappa shape index (κ2) is 13.4. The molecule has 3 aromatic carbocycles. The molecule has 0 spiro atoms. The van der Waals surface area contributed by atoms with Crippen LogP contribution in [0.3, 0.4) is 0 Å². The van der Waals surface area contributed by atoms with Crippen LogP contribution in [0.1, 0.15) is 42.0 Å². The first-order valence-electron chi connectivity index (χ1n) is 13.0. The number of dihydropyridines is 1. The lowest BCUT2D eigenvalue weighted by molar-refractivity contribution is -0.138. The van der Waals surface area contributed by atoms with E-state index in [2.05, 4.69) is 16.7 Å². The summed E-state index contributed by atoms with van der Waals surface area (Å²) in [5.74, 6) is -1.48. The number of anilines is 1. The molecule has 3 aromatic rings. The third-order valence-corrected chi connectivity index (χ3v) is 7.94. The molecule has 0 aliphatic carbocycles. The molecule has 1 heterocycles. The van der Waals surface area contributed by atoms with Gasteiger partial charge < -0.3 is 15.4 Å². The molecular formula is C32H30ClN3O3S. The molecular weight excluding hydrogens is 542 g/mol. The highest BCUT2D eigenvalue weighted by atomic mass is 35.5. The Kier molecular flexibility index (Phi) is 9.70. The molecule has 1 atom stereocenters. The van der Waals surface area contributed by atoms with Gasteiger partial charge >= 0.3 is 5.97 Å². The van der Waals surface area contributed by atoms with Gasteiger partial charge in [-0.25, -0.2) is 4.79 Å². The van der Waals surface area contributed by atoms with Crippen molar-refractivity contribution in [2.24, 2.45) is 0 Å². The van der Waals surface area contributed by atoms with E-state index in [4.69, 9.17) is 16.3 Å². The zero-order valence-electron chi connectivity index (χ0n) is 22.6. The zero-order valence-corrected chi connectivity index (χ0v) is 24.2. The number of ether oxygens (including phenoxy) is 1. The van der Waals surface area contributed by atoms with Crippen molar-refractivity contribution in [2.75, 3.05) is 17.7 Å². The second-order valence-electron chi connectivity index (χ2n) is 9.11. The summed E-state index contributed by atoms with van der Waals surface area (Å²) in [6.07, 6.45) is 0.789. The fourth-order valence-corrected chi connectivity index (χ4v) is 5.78. The Labute approximate surface area is 244 Å². The van der Waals surface area contributed by atoms with Gasteiger partial charge in [0.2, 0.25) is 5.91 Å². The number of hydrogen-bond acceptors (Lipinski definition) is 6. The van der Waals surface area contributed by atoms with Gasteiger partial charge in [-0.3, -0.25) is 4.79 Å². The number of thioether (sulfide) groups is 1. The summed E-state index contributed by atoms with van der Waals surface area (Å²) >= 11 is 7.84. The minimum absolute atomic E-state index is 0.0526. The van der Waals surface area contributed by atoms with Crippen molar-refractivity contribution in [3.05, 3.63) is 116 Å². The van der Waals surface area contributed by atoms with Crippen LogP contribution in [0.25, 0.3) is 5.70 Å². The molecule has 0 aromatic heterocycles. The van der Waals surface area contributed by atoms with E-state index in [1.165, 1.54) is 11.8 Å². The van der Waals surface area contributed by atoms with E-state index in [0.29, 0.717) is 32.5 Å². The Morgan fingerprint density at radius 3 is 2.45 bits per heavy atom. The van der Waals surface area contributed by atoms with Crippen LogP contribution in [0.2, 0.25) is 5.02 Å². The topological polar surface area (TPSA) is 91.2 Å². The van der Waals surface area contributed by atoms with Crippen molar-refractivity contribution >= 4 is 46.6 Å². The second-order valence-corrected chi connectivity index (χ2v) is 10.5. The molecule has 0 saturated carbocycles. The van der Waals surface area contributed by atoms with Gasteiger partial charge in [0.15, 0.2) is 0 Å². The first kappa shape index (κ1) is 29.0. The van der Waals surface area contributed by atoms with Gasteiger partial charge in [0, 0.05) is 10.7 Å². The molecule has 1 aliphatic rings. The SMILES string of the molecule is CCOC(=O)C1=C(c2ccccc2)NC(SCC(=O)Nc2c(C)cccc2CC)=C(C#N)C1c1ccccc1Cl. The average Bonchev–Trinajstić information content (AvgIpc) is 2.97. The van der Waals surface area contributed by atoms with Crippen LogP contribution in [0.5, 0.6) is 0 Å². The highest BCUT2D eigenvalue weighted by Gasteiger charge is 2.38. The summed E-state index contributed by atoms with van der Waals surface area (Å²) < 4.78 is 5.47. The predicted octanol–water partition coefficient (Wildman–Crippen LogP) is 6.98. The van der Waals surface area contributed by atoms with Crippen molar-refractivity contribution < 1.29 is 14.3 Å². The number of carbonyl (C=O) groups is 2. The molecule has 0 radical (unpaired) electrons. The summed E-state index contributed by atoms with van der Waals surface area (Å²) in [6, 6.07) is 24.7. The molecule has 40 heavy (non-hydrogen) atoms. The van der Waals surface area contributed by atoms with Crippen molar-refractivity contribution in [2.45, 2.75) is 33.1 Å². The first-order chi connectivity index (χ1) is 19.4. The number of rotatable bonds is 9. The molecule has 4 rings (SSSR count). The number of benzene rings is 3. The van der Waals surface area contributed by atoms with Crippen LogP contribution in [-0.2, 0) is 20.7 Å². The fourth-order valence-electron chi connectivity index (χ4n) is 4.69. The standard InChI is InChI=1S/C32H30ClN3O3S/c1-4-21-15-11-12-20(3)29(21)35-26(37)19-40-31-24(18-34)27(23-16-9-10-17-25(23)33)28(32(38)39-5-2)30(36-31)22-13-7-6-8-14-22/h6-17,27,36H,4-5,19H2,1-3H3,(H,35,37). The van der Waals surface area contributed by atoms with Gasteiger partial charge in [-0.15, -0.1) is 0 Å². The van der Waals surface area contributed by atoms with Gasteiger partial charge in [-0.05, 0) is 48.6 Å². The van der Waals surface area contributed by atoms with Gasteiger partial charge in [0.05, 0.1) is 46.2 Å². The van der Waals surface area contributed by atoms with E-state index in [9.17, 15) is 14.9 Å². The average molecular weight is 572 g/mol. The number of nitriles is 1. The van der Waals surface area contributed by atoms with Gasteiger partial charge in [-0.1, -0.05) is 97.0 Å². The molecule has 0 saturated heterocycles. The lowest BCUT2D eigenvalue weighted by Gasteiger charge is -2.31. The van der Waals surface area contributed by atoms with Gasteiger partial charge in [-0.2, -0.15) is 5.26 Å². The third kappa shape index (κ3) is 6.25. The molecule has 1 aliphatic heterocycles. The van der Waals surface area contributed by atoms with Crippen LogP contribution in [0, 0.1) is 18.3 Å². The zero-order chi connectivity index (χ0) is 28.6. The Hall–Kier alpha value is -3.99. The van der Waals surface area contributed by atoms with E-state index < -0.39 is 11.9 Å². The molecule has 0 fully saturated rings. The van der Waals surface area contributed by atoms with Crippen molar-refractivity contribution in [3.63, 3.8) is 0 Å². The third-order valence-electron chi connectivity index (χ3n) is 6.58. The number of allylic oxidation sites excluding steroid dienone is 1. The van der Waals surface area contributed by atoms with Crippen molar-refractivity contribution in [3.8, 4) is 6.07 Å². The lowest BCUT2D eigenvalue weighted by atomic mass is 9.81. The number of amides is 1. The van der Waals surface area contributed by atoms with Gasteiger partial charge in [0.1, 0.15) is 0 Å². The normalized spacial score (nSPS) is 14.8. The summed E-state index contributed by atoms with van der Waals surface area (Å²) in [6.45, 7) is 5.91. The highest BCUT2D eigenvalue weighted by molar-refractivity contribution is 8.03. The van der Waals surface area contributed by atoms with Crippen LogP contribution < -0.4 is 10.6 Å². The lowest BCUT2D eigenvalue weighted by Crippen LogP contribution is -2.30. The van der Waals surface area contributed by atoms with Crippen LogP contribution in [0.15, 0.2) is 89.0 Å². The first-order valence-corrected chi connectivity index (χ1v) is 14.4. The summed E-state index contributed by atoms with van der Waals surface area (Å²) in [5, 5.41) is 17.6. The van der Waals surface area contributed by atoms with Crippen LogP contribution in [-0.4, -0.2) is 24.2 Å². The number of hydrogen-bond donors (Lipinski definition) is 2. The van der Waals surface area contributed by atoms with Crippen LogP contribution >= 0.6 is 23.4 Å². The van der Waals surface area contributed by atoms with Crippen molar-refractivity contribution in [1.82, 2.24) is 5.32 Å². The summed E-state index contributed by atoms with van der Waals surface area (Å²) in [5.41, 5.74) is 5.29. The fraction of sp³-hybridized carbons (Fsp3) is 0.219. The summed E-state index contributed by atoms with van der Waals surface area (Å²) in [4.78, 5) is 26.6. The highest BCUT2D eigenvalue weighted by Crippen LogP contribution is 2.45. The molecule has 2 N–H and O–H groups in total. The van der Waals surface area contributed by atoms with E-state index in [-0.39, 0.29) is 18.3 Å².